The Labute approximate surface area is 127 Å². The van der Waals surface area contributed by atoms with Crippen molar-refractivity contribution in [3.05, 3.63) is 35.4 Å². The van der Waals surface area contributed by atoms with E-state index in [2.05, 4.69) is 12.2 Å². The number of rotatable bonds is 7. The Morgan fingerprint density at radius 2 is 1.95 bits per heavy atom. The summed E-state index contributed by atoms with van der Waals surface area (Å²) in [5.74, 6) is 0.0504. The van der Waals surface area contributed by atoms with Crippen LogP contribution in [0.25, 0.3) is 0 Å². The molecule has 0 saturated heterocycles. The summed E-state index contributed by atoms with van der Waals surface area (Å²) in [6.45, 7) is 8.71. The highest BCUT2D eigenvalue weighted by Crippen LogP contribution is 2.07. The third-order valence-corrected chi connectivity index (χ3v) is 3.81. The molecule has 4 nitrogen and oxygen atoms in total. The Kier molecular flexibility index (Phi) is 6.92. The molecule has 4 heteroatoms. The molecule has 0 aliphatic heterocycles. The Morgan fingerprint density at radius 1 is 1.29 bits per heavy atom. The van der Waals surface area contributed by atoms with Crippen molar-refractivity contribution in [2.45, 2.75) is 46.6 Å². The fourth-order valence-electron chi connectivity index (χ4n) is 2.27. The van der Waals surface area contributed by atoms with Gasteiger partial charge < -0.3 is 10.2 Å². The van der Waals surface area contributed by atoms with E-state index in [9.17, 15) is 9.59 Å². The zero-order chi connectivity index (χ0) is 15.8. The topological polar surface area (TPSA) is 49.4 Å². The fraction of sp³-hybridized carbons (Fsp3) is 0.529. The highest BCUT2D eigenvalue weighted by Gasteiger charge is 2.14. The van der Waals surface area contributed by atoms with Crippen molar-refractivity contribution in [3.63, 3.8) is 0 Å². The van der Waals surface area contributed by atoms with Gasteiger partial charge in [0.25, 0.3) is 0 Å². The molecule has 0 radical (unpaired) electrons. The van der Waals surface area contributed by atoms with Crippen LogP contribution >= 0.6 is 0 Å². The SMILES string of the molecule is CCC(C)N(CCNC(=O)Cc1ccccc1C)C(C)=O. The number of carbonyl (C=O) groups excluding carboxylic acids is 2. The second kappa shape index (κ2) is 8.45. The highest BCUT2D eigenvalue weighted by molar-refractivity contribution is 5.79. The molecule has 1 aromatic carbocycles. The van der Waals surface area contributed by atoms with Crippen LogP contribution in [0, 0.1) is 6.92 Å². The van der Waals surface area contributed by atoms with Crippen molar-refractivity contribution in [1.82, 2.24) is 10.2 Å². The molecule has 0 saturated carbocycles. The molecule has 1 aromatic rings. The molecule has 1 N–H and O–H groups in total. The van der Waals surface area contributed by atoms with Crippen molar-refractivity contribution in [1.29, 1.82) is 0 Å². The van der Waals surface area contributed by atoms with E-state index in [0.717, 1.165) is 17.5 Å². The molecule has 0 fully saturated rings. The highest BCUT2D eigenvalue weighted by atomic mass is 16.2. The number of hydrogen-bond acceptors (Lipinski definition) is 2. The summed E-state index contributed by atoms with van der Waals surface area (Å²) in [5.41, 5.74) is 2.16. The minimum Gasteiger partial charge on any atom is -0.354 e. The fourth-order valence-corrected chi connectivity index (χ4v) is 2.27. The molecule has 21 heavy (non-hydrogen) atoms. The van der Waals surface area contributed by atoms with Gasteiger partial charge in [-0.05, 0) is 31.4 Å². The van der Waals surface area contributed by atoms with E-state index in [1.165, 1.54) is 0 Å². The lowest BCUT2D eigenvalue weighted by molar-refractivity contribution is -0.131. The first-order valence-corrected chi connectivity index (χ1v) is 7.54. The van der Waals surface area contributed by atoms with E-state index >= 15 is 0 Å². The van der Waals surface area contributed by atoms with Gasteiger partial charge in [0, 0.05) is 26.1 Å². The lowest BCUT2D eigenvalue weighted by Crippen LogP contribution is -2.42. The third-order valence-electron chi connectivity index (χ3n) is 3.81. The summed E-state index contributed by atoms with van der Waals surface area (Å²) in [5, 5.41) is 2.89. The molecule has 0 aliphatic carbocycles. The number of aryl methyl sites for hydroxylation is 1. The number of hydrogen-bond donors (Lipinski definition) is 1. The number of amides is 2. The normalized spacial score (nSPS) is 11.8. The van der Waals surface area contributed by atoms with Crippen LogP contribution in [0.5, 0.6) is 0 Å². The maximum atomic E-state index is 11.9. The van der Waals surface area contributed by atoms with E-state index in [1.807, 2.05) is 38.1 Å². The lowest BCUT2D eigenvalue weighted by atomic mass is 10.1. The van der Waals surface area contributed by atoms with Crippen LogP contribution in [-0.4, -0.2) is 35.8 Å². The molecule has 0 aromatic heterocycles. The molecule has 116 valence electrons. The molecule has 1 rings (SSSR count). The van der Waals surface area contributed by atoms with Gasteiger partial charge >= 0.3 is 0 Å². The van der Waals surface area contributed by atoms with Gasteiger partial charge in [0.05, 0.1) is 6.42 Å². The van der Waals surface area contributed by atoms with Crippen LogP contribution in [0.15, 0.2) is 24.3 Å². The van der Waals surface area contributed by atoms with E-state index in [0.29, 0.717) is 19.5 Å². The van der Waals surface area contributed by atoms with Crippen LogP contribution in [0.3, 0.4) is 0 Å². The summed E-state index contributed by atoms with van der Waals surface area (Å²) in [4.78, 5) is 25.3. The van der Waals surface area contributed by atoms with Gasteiger partial charge in [-0.3, -0.25) is 9.59 Å². The molecule has 0 bridgehead atoms. The zero-order valence-corrected chi connectivity index (χ0v) is 13.5. The molecule has 1 atom stereocenters. The Hall–Kier alpha value is -1.84. The van der Waals surface area contributed by atoms with Crippen molar-refractivity contribution in [2.75, 3.05) is 13.1 Å². The summed E-state index contributed by atoms with van der Waals surface area (Å²) < 4.78 is 0. The minimum absolute atomic E-state index is 0.00282. The number of benzene rings is 1. The molecule has 1 unspecified atom stereocenters. The van der Waals surface area contributed by atoms with Gasteiger partial charge in [-0.25, -0.2) is 0 Å². The van der Waals surface area contributed by atoms with Crippen molar-refractivity contribution >= 4 is 11.8 Å². The predicted octanol–water partition coefficient (Wildman–Crippen LogP) is 2.30. The maximum absolute atomic E-state index is 11.9. The number of carbonyl (C=O) groups is 2. The van der Waals surface area contributed by atoms with Crippen molar-refractivity contribution in [3.8, 4) is 0 Å². The van der Waals surface area contributed by atoms with Crippen LogP contribution in [0.4, 0.5) is 0 Å². The van der Waals surface area contributed by atoms with Crippen molar-refractivity contribution in [2.24, 2.45) is 0 Å². The maximum Gasteiger partial charge on any atom is 0.224 e. The first-order valence-electron chi connectivity index (χ1n) is 7.54. The van der Waals surface area contributed by atoms with Gasteiger partial charge in [0.1, 0.15) is 0 Å². The van der Waals surface area contributed by atoms with E-state index in [-0.39, 0.29) is 17.9 Å². The lowest BCUT2D eigenvalue weighted by Gasteiger charge is -2.27. The molecular formula is C17H26N2O2. The number of nitrogens with zero attached hydrogens (tertiary/aromatic N) is 1. The minimum atomic E-state index is -0.00282. The standard InChI is InChI=1S/C17H26N2O2/c1-5-14(3)19(15(4)20)11-10-18-17(21)12-16-9-7-6-8-13(16)2/h6-9,14H,5,10-12H2,1-4H3,(H,18,21). The van der Waals surface area contributed by atoms with E-state index in [1.54, 1.807) is 11.8 Å². The quantitative estimate of drug-likeness (QED) is 0.837. The van der Waals surface area contributed by atoms with Crippen LogP contribution < -0.4 is 5.32 Å². The summed E-state index contributed by atoms with van der Waals surface area (Å²) >= 11 is 0. The number of nitrogens with one attached hydrogen (secondary N) is 1. The zero-order valence-electron chi connectivity index (χ0n) is 13.5. The van der Waals surface area contributed by atoms with E-state index in [4.69, 9.17) is 0 Å². The second-order valence-corrected chi connectivity index (χ2v) is 5.42. The van der Waals surface area contributed by atoms with Crippen LogP contribution in [0.1, 0.15) is 38.3 Å². The third kappa shape index (κ3) is 5.58. The monoisotopic (exact) mass is 290 g/mol. The smallest absolute Gasteiger partial charge is 0.224 e. The molecule has 2 amide bonds. The van der Waals surface area contributed by atoms with E-state index < -0.39 is 0 Å². The first kappa shape index (κ1) is 17.2. The first-order chi connectivity index (χ1) is 9.95. The molecule has 0 aliphatic rings. The van der Waals surface area contributed by atoms with Gasteiger partial charge in [0.2, 0.25) is 11.8 Å². The molecule has 0 heterocycles. The summed E-state index contributed by atoms with van der Waals surface area (Å²) in [6.07, 6.45) is 1.30. The Morgan fingerprint density at radius 3 is 2.52 bits per heavy atom. The largest absolute Gasteiger partial charge is 0.354 e. The van der Waals surface area contributed by atoms with Gasteiger partial charge in [-0.15, -0.1) is 0 Å². The molecule has 0 spiro atoms. The predicted molar refractivity (Wildman–Crippen MR) is 85.0 cm³/mol. The van der Waals surface area contributed by atoms with Gasteiger partial charge in [0.15, 0.2) is 0 Å². The average molecular weight is 290 g/mol. The van der Waals surface area contributed by atoms with Gasteiger partial charge in [-0.1, -0.05) is 31.2 Å². The van der Waals surface area contributed by atoms with Gasteiger partial charge in [-0.2, -0.15) is 0 Å². The van der Waals surface area contributed by atoms with Crippen molar-refractivity contribution < 1.29 is 9.59 Å². The molecular weight excluding hydrogens is 264 g/mol. The van der Waals surface area contributed by atoms with Crippen LogP contribution in [0.2, 0.25) is 0 Å². The summed E-state index contributed by atoms with van der Waals surface area (Å²) in [6, 6.07) is 8.08. The average Bonchev–Trinajstić information content (AvgIpc) is 2.45. The Balaban J connectivity index is 2.43. The Bertz CT molecular complexity index is 485. The van der Waals surface area contributed by atoms with Crippen LogP contribution in [-0.2, 0) is 16.0 Å². The summed E-state index contributed by atoms with van der Waals surface area (Å²) in [7, 11) is 0. The second-order valence-electron chi connectivity index (χ2n) is 5.42.